The molecule has 0 atom stereocenters. The lowest BCUT2D eigenvalue weighted by molar-refractivity contribution is -0.0516. The number of hydrogen-bond acceptors (Lipinski definition) is 2. The second-order valence-corrected chi connectivity index (χ2v) is 4.59. The zero-order chi connectivity index (χ0) is 14.4. The summed E-state index contributed by atoms with van der Waals surface area (Å²) in [4.78, 5) is 11.7. The van der Waals surface area contributed by atoms with Gasteiger partial charge < -0.3 is 9.30 Å². The van der Waals surface area contributed by atoms with Crippen molar-refractivity contribution >= 4 is 10.9 Å². The third kappa shape index (κ3) is 2.03. The maximum atomic E-state index is 13.7. The predicted molar refractivity (Wildman–Crippen MR) is 63.0 cm³/mol. The fourth-order valence-corrected chi connectivity index (χ4v) is 2.20. The summed E-state index contributed by atoms with van der Waals surface area (Å²) in [7, 11) is 0. The average molecular weight is 287 g/mol. The largest absolute Gasteiger partial charge is 0.429 e. The molecular weight excluding hydrogens is 278 g/mol. The minimum atomic E-state index is -3.31. The van der Waals surface area contributed by atoms with E-state index < -0.39 is 29.4 Å². The van der Waals surface area contributed by atoms with Crippen LogP contribution in [-0.4, -0.2) is 11.2 Å². The number of nitrogens with zero attached hydrogens (tertiary/aromatic N) is 1. The van der Waals surface area contributed by atoms with E-state index in [1.807, 2.05) is 0 Å². The zero-order valence-electron chi connectivity index (χ0n) is 10.1. The normalized spacial score (nSPS) is 15.1. The molecule has 2 aromatic rings. The fraction of sp³-hybridized carbons (Fsp3) is 0.308. The number of fused-ring (bicyclic) bond motifs is 1. The molecule has 20 heavy (non-hydrogen) atoms. The van der Waals surface area contributed by atoms with Crippen LogP contribution in [0.25, 0.3) is 10.9 Å². The molecule has 1 fully saturated rings. The van der Waals surface area contributed by atoms with Gasteiger partial charge >= 0.3 is 6.61 Å². The highest BCUT2D eigenvalue weighted by Gasteiger charge is 2.28. The van der Waals surface area contributed by atoms with Crippen LogP contribution < -0.4 is 10.2 Å². The number of ether oxygens (including phenoxy) is 1. The molecule has 7 heteroatoms. The van der Waals surface area contributed by atoms with Crippen LogP contribution in [0.2, 0.25) is 0 Å². The van der Waals surface area contributed by atoms with Crippen molar-refractivity contribution < 1.29 is 22.3 Å². The molecule has 0 unspecified atom stereocenters. The van der Waals surface area contributed by atoms with E-state index in [-0.39, 0.29) is 16.9 Å². The molecule has 0 bridgehead atoms. The summed E-state index contributed by atoms with van der Waals surface area (Å²) in [6.07, 6.45) is 2.95. The quantitative estimate of drug-likeness (QED) is 0.812. The van der Waals surface area contributed by atoms with Crippen molar-refractivity contribution in [2.24, 2.45) is 0 Å². The van der Waals surface area contributed by atoms with Gasteiger partial charge in [0.1, 0.15) is 0 Å². The van der Waals surface area contributed by atoms with Gasteiger partial charge in [0, 0.05) is 18.3 Å². The number of rotatable bonds is 3. The number of pyridine rings is 1. The van der Waals surface area contributed by atoms with Gasteiger partial charge in [-0.05, 0) is 18.9 Å². The van der Waals surface area contributed by atoms with Crippen molar-refractivity contribution in [2.75, 3.05) is 0 Å². The van der Waals surface area contributed by atoms with Crippen LogP contribution >= 0.6 is 0 Å². The molecule has 1 aromatic carbocycles. The van der Waals surface area contributed by atoms with E-state index in [1.54, 1.807) is 0 Å². The minimum absolute atomic E-state index is 0.0111. The van der Waals surface area contributed by atoms with Crippen molar-refractivity contribution in [3.05, 3.63) is 40.2 Å². The topological polar surface area (TPSA) is 31.2 Å². The highest BCUT2D eigenvalue weighted by Crippen LogP contribution is 2.40. The van der Waals surface area contributed by atoms with Gasteiger partial charge in [0.2, 0.25) is 5.82 Å². The molecule has 3 nitrogen and oxygen atoms in total. The van der Waals surface area contributed by atoms with E-state index in [1.165, 1.54) is 16.8 Å². The van der Waals surface area contributed by atoms with E-state index in [2.05, 4.69) is 4.74 Å². The first kappa shape index (κ1) is 13.0. The zero-order valence-corrected chi connectivity index (χ0v) is 10.1. The SMILES string of the molecule is O=c1ccn(C2CC2)c2c(OC(F)F)c(F)c(F)cc12. The van der Waals surface area contributed by atoms with Gasteiger partial charge in [-0.15, -0.1) is 0 Å². The van der Waals surface area contributed by atoms with Gasteiger partial charge in [-0.25, -0.2) is 4.39 Å². The summed E-state index contributed by atoms with van der Waals surface area (Å²) >= 11 is 0. The van der Waals surface area contributed by atoms with Gasteiger partial charge in [-0.3, -0.25) is 4.79 Å². The third-order valence-corrected chi connectivity index (χ3v) is 3.21. The molecule has 0 aliphatic heterocycles. The Morgan fingerprint density at radius 1 is 1.30 bits per heavy atom. The smallest absolute Gasteiger partial charge is 0.387 e. The molecule has 0 saturated heterocycles. The Morgan fingerprint density at radius 2 is 2.00 bits per heavy atom. The first-order chi connectivity index (χ1) is 9.49. The lowest BCUT2D eigenvalue weighted by Crippen LogP contribution is -2.13. The Bertz CT molecular complexity index is 737. The molecule has 3 rings (SSSR count). The van der Waals surface area contributed by atoms with Crippen LogP contribution in [0.3, 0.4) is 0 Å². The van der Waals surface area contributed by atoms with Crippen LogP contribution in [0.1, 0.15) is 18.9 Å². The summed E-state index contributed by atoms with van der Waals surface area (Å²) in [6, 6.07) is 1.90. The lowest BCUT2D eigenvalue weighted by atomic mass is 10.1. The van der Waals surface area contributed by atoms with Crippen LogP contribution in [0, 0.1) is 11.6 Å². The Labute approximate surface area is 110 Å². The monoisotopic (exact) mass is 287 g/mol. The van der Waals surface area contributed by atoms with Crippen molar-refractivity contribution in [3.63, 3.8) is 0 Å². The standard InChI is InChI=1S/C13H9F4NO2/c14-8-5-7-9(19)3-4-18(6-1-2-6)11(7)12(10(8)15)20-13(16)17/h3-6,13H,1-2H2. The molecule has 1 aliphatic rings. The second-order valence-electron chi connectivity index (χ2n) is 4.59. The Hall–Kier alpha value is -2.05. The van der Waals surface area contributed by atoms with E-state index in [0.29, 0.717) is 6.07 Å². The van der Waals surface area contributed by atoms with Gasteiger partial charge in [-0.2, -0.15) is 13.2 Å². The number of benzene rings is 1. The van der Waals surface area contributed by atoms with Crippen molar-refractivity contribution in [2.45, 2.75) is 25.5 Å². The predicted octanol–water partition coefficient (Wildman–Crippen LogP) is 3.22. The Morgan fingerprint density at radius 3 is 2.60 bits per heavy atom. The van der Waals surface area contributed by atoms with E-state index in [9.17, 15) is 22.4 Å². The minimum Gasteiger partial charge on any atom is -0.429 e. The summed E-state index contributed by atoms with van der Waals surface area (Å²) in [5.41, 5.74) is -0.700. The molecule has 106 valence electrons. The van der Waals surface area contributed by atoms with E-state index in [0.717, 1.165) is 12.8 Å². The van der Waals surface area contributed by atoms with Gasteiger partial charge in [-0.1, -0.05) is 0 Å². The van der Waals surface area contributed by atoms with E-state index in [4.69, 9.17) is 0 Å². The highest BCUT2D eigenvalue weighted by molar-refractivity contribution is 5.85. The first-order valence-corrected chi connectivity index (χ1v) is 5.96. The van der Waals surface area contributed by atoms with Gasteiger partial charge in [0.25, 0.3) is 0 Å². The number of hydrogen-bond donors (Lipinski definition) is 0. The molecule has 1 heterocycles. The first-order valence-electron chi connectivity index (χ1n) is 5.96. The van der Waals surface area contributed by atoms with Crippen molar-refractivity contribution in [1.82, 2.24) is 4.57 Å². The van der Waals surface area contributed by atoms with Crippen LogP contribution in [-0.2, 0) is 0 Å². The van der Waals surface area contributed by atoms with Gasteiger partial charge in [0.15, 0.2) is 17.0 Å². The fourth-order valence-electron chi connectivity index (χ4n) is 2.20. The number of halogens is 4. The van der Waals surface area contributed by atoms with Crippen molar-refractivity contribution in [3.8, 4) is 5.75 Å². The molecule has 1 aliphatic carbocycles. The summed E-state index contributed by atoms with van der Waals surface area (Å²) in [5, 5.41) is -0.172. The van der Waals surface area contributed by atoms with E-state index >= 15 is 0 Å². The number of aromatic nitrogens is 1. The van der Waals surface area contributed by atoms with Crippen LogP contribution in [0.4, 0.5) is 17.6 Å². The Balaban J connectivity index is 2.39. The van der Waals surface area contributed by atoms with Crippen LogP contribution in [0.15, 0.2) is 23.1 Å². The highest BCUT2D eigenvalue weighted by atomic mass is 19.3. The molecule has 0 spiro atoms. The molecule has 0 radical (unpaired) electrons. The molecule has 1 saturated carbocycles. The summed E-state index contributed by atoms with van der Waals surface area (Å²) in [5.74, 6) is -3.82. The third-order valence-electron chi connectivity index (χ3n) is 3.21. The molecule has 1 aromatic heterocycles. The second kappa shape index (κ2) is 4.50. The van der Waals surface area contributed by atoms with Crippen molar-refractivity contribution in [1.29, 1.82) is 0 Å². The maximum absolute atomic E-state index is 13.7. The number of alkyl halides is 2. The average Bonchev–Trinajstić information content (AvgIpc) is 3.20. The summed E-state index contributed by atoms with van der Waals surface area (Å²) < 4.78 is 57.6. The Kier molecular flexibility index (Phi) is 2.92. The molecule has 0 N–H and O–H groups in total. The lowest BCUT2D eigenvalue weighted by Gasteiger charge is -2.15. The maximum Gasteiger partial charge on any atom is 0.387 e. The van der Waals surface area contributed by atoms with Gasteiger partial charge in [0.05, 0.1) is 10.9 Å². The summed E-state index contributed by atoms with van der Waals surface area (Å²) in [6.45, 7) is -3.31. The van der Waals surface area contributed by atoms with Crippen LogP contribution in [0.5, 0.6) is 5.75 Å². The molecule has 0 amide bonds. The molecular formula is C13H9F4NO2.